The Hall–Kier alpha value is -5.42. The van der Waals surface area contributed by atoms with Crippen LogP contribution in [0.3, 0.4) is 0 Å². The molecule has 0 radical (unpaired) electrons. The first-order valence-corrected chi connectivity index (χ1v) is 14.3. The number of quaternary nitrogens is 1. The average Bonchev–Trinajstić information content (AvgIpc) is 3.73. The summed E-state index contributed by atoms with van der Waals surface area (Å²) in [4.78, 5) is 35.7. The highest BCUT2D eigenvalue weighted by molar-refractivity contribution is 6.00. The number of oxazole rings is 1. The quantitative estimate of drug-likeness (QED) is 0.175. The number of aromatic nitrogens is 5. The van der Waals surface area contributed by atoms with Gasteiger partial charge in [0.2, 0.25) is 5.89 Å². The molecule has 46 heavy (non-hydrogen) atoms. The van der Waals surface area contributed by atoms with E-state index in [0.717, 1.165) is 27.8 Å². The first-order chi connectivity index (χ1) is 21.7. The van der Waals surface area contributed by atoms with Gasteiger partial charge >= 0.3 is 6.18 Å². The van der Waals surface area contributed by atoms with E-state index in [-0.39, 0.29) is 22.8 Å². The third-order valence-electron chi connectivity index (χ3n) is 7.34. The predicted octanol–water partition coefficient (Wildman–Crippen LogP) is 5.33. The SMILES string of the molecule is [C-]#[N+]c1ccc(-n2nccc2-c2c(C(=O)N[C@@H](C)c3ncc(CC[N+](C)(C)C)o3)c(=O)n(-c3cccc(C(F)(F)F)c3)n2C)cc1. The first kappa shape index (κ1) is 32.0. The zero-order valence-electron chi connectivity index (χ0n) is 25.8. The predicted molar refractivity (Wildman–Crippen MR) is 164 cm³/mol. The molecule has 0 spiro atoms. The van der Waals surface area contributed by atoms with Gasteiger partial charge in [-0.15, -0.1) is 0 Å². The molecule has 0 saturated heterocycles. The molecule has 3 aromatic heterocycles. The molecule has 0 saturated carbocycles. The Morgan fingerprint density at radius 2 is 1.83 bits per heavy atom. The molecule has 1 amide bonds. The molecular formula is C32H32F3N8O3+. The van der Waals surface area contributed by atoms with Crippen LogP contribution < -0.4 is 10.9 Å². The lowest BCUT2D eigenvalue weighted by Gasteiger charge is -2.22. The van der Waals surface area contributed by atoms with Crippen molar-refractivity contribution in [2.75, 3.05) is 27.7 Å². The van der Waals surface area contributed by atoms with Gasteiger partial charge in [0.15, 0.2) is 5.69 Å². The maximum absolute atomic E-state index is 14.0. The van der Waals surface area contributed by atoms with Crippen LogP contribution in [0.15, 0.2) is 76.2 Å². The number of amides is 1. The van der Waals surface area contributed by atoms with Crippen LogP contribution in [-0.2, 0) is 19.6 Å². The molecule has 2 aromatic carbocycles. The summed E-state index contributed by atoms with van der Waals surface area (Å²) < 4.78 is 51.3. The number of hydrogen-bond acceptors (Lipinski definition) is 5. The molecule has 1 N–H and O–H groups in total. The Morgan fingerprint density at radius 1 is 1.11 bits per heavy atom. The molecule has 0 aliphatic carbocycles. The van der Waals surface area contributed by atoms with Gasteiger partial charge in [0.05, 0.1) is 75.7 Å². The first-order valence-electron chi connectivity index (χ1n) is 14.3. The summed E-state index contributed by atoms with van der Waals surface area (Å²) in [7, 11) is 7.64. The Bertz CT molecular complexity index is 1990. The highest BCUT2D eigenvalue weighted by Gasteiger charge is 2.33. The average molecular weight is 634 g/mol. The molecule has 5 aromatic rings. The standard InChI is InChI=1S/C32H31F3N8O3/c1-20(30-37-19-25(46-30)15-17-43(4,5)6)39-29(44)27-28(26-14-16-38-41(26)23-12-10-22(36-2)11-13-23)40(3)42(31(27)45)24-9-7-8-21(18-24)32(33,34)35/h7-14,16,18-20H,15,17H2,1,3-6H3/p+1/t20-/m0/s1. The molecule has 5 rings (SSSR count). The normalized spacial score (nSPS) is 12.6. The van der Waals surface area contributed by atoms with E-state index < -0.39 is 29.2 Å². The van der Waals surface area contributed by atoms with Crippen LogP contribution in [0, 0.1) is 6.57 Å². The molecule has 0 unspecified atom stereocenters. The minimum absolute atomic E-state index is 0.0854. The highest BCUT2D eigenvalue weighted by atomic mass is 19.4. The number of halogens is 3. The van der Waals surface area contributed by atoms with Crippen molar-refractivity contribution < 1.29 is 26.9 Å². The zero-order valence-corrected chi connectivity index (χ0v) is 25.8. The third-order valence-corrected chi connectivity index (χ3v) is 7.34. The van der Waals surface area contributed by atoms with Crippen LogP contribution in [0.1, 0.15) is 40.5 Å². The Kier molecular flexibility index (Phi) is 8.46. The van der Waals surface area contributed by atoms with Crippen LogP contribution in [0.25, 0.3) is 27.6 Å². The van der Waals surface area contributed by atoms with Gasteiger partial charge in [-0.05, 0) is 43.3 Å². The van der Waals surface area contributed by atoms with Crippen LogP contribution in [-0.4, -0.2) is 62.2 Å². The van der Waals surface area contributed by atoms with Gasteiger partial charge in [-0.25, -0.2) is 19.2 Å². The van der Waals surface area contributed by atoms with Crippen molar-refractivity contribution >= 4 is 11.6 Å². The van der Waals surface area contributed by atoms with Crippen molar-refractivity contribution in [2.24, 2.45) is 7.05 Å². The summed E-state index contributed by atoms with van der Waals surface area (Å²) in [6.45, 7) is 9.69. The second-order valence-corrected chi connectivity index (χ2v) is 11.8. The molecule has 0 fully saturated rings. The Labute approximate surface area is 262 Å². The monoisotopic (exact) mass is 633 g/mol. The molecular weight excluding hydrogens is 601 g/mol. The van der Waals surface area contributed by atoms with E-state index in [9.17, 15) is 22.8 Å². The van der Waals surface area contributed by atoms with Crippen LogP contribution >= 0.6 is 0 Å². The van der Waals surface area contributed by atoms with Gasteiger partial charge < -0.3 is 14.2 Å². The van der Waals surface area contributed by atoms with Crippen molar-refractivity contribution in [3.05, 3.63) is 112 Å². The molecule has 238 valence electrons. The summed E-state index contributed by atoms with van der Waals surface area (Å²) in [6, 6.07) is 11.7. The summed E-state index contributed by atoms with van der Waals surface area (Å²) >= 11 is 0. The number of nitrogens with one attached hydrogen (secondary N) is 1. The van der Waals surface area contributed by atoms with Gasteiger partial charge in [-0.2, -0.15) is 18.3 Å². The summed E-state index contributed by atoms with van der Waals surface area (Å²) in [5.74, 6) is 0.103. The van der Waals surface area contributed by atoms with E-state index in [0.29, 0.717) is 29.2 Å². The van der Waals surface area contributed by atoms with Gasteiger partial charge in [-0.3, -0.25) is 14.3 Å². The minimum Gasteiger partial charge on any atom is -0.443 e. The van der Waals surface area contributed by atoms with E-state index in [2.05, 4.69) is 41.4 Å². The molecule has 11 nitrogen and oxygen atoms in total. The van der Waals surface area contributed by atoms with Gasteiger partial charge in [0, 0.05) is 7.05 Å². The minimum atomic E-state index is -4.65. The van der Waals surface area contributed by atoms with Crippen molar-refractivity contribution in [2.45, 2.75) is 25.6 Å². The summed E-state index contributed by atoms with van der Waals surface area (Å²) in [6.07, 6.45) is -0.956. The van der Waals surface area contributed by atoms with Gasteiger partial charge in [0.1, 0.15) is 23.1 Å². The molecule has 1 atom stereocenters. The van der Waals surface area contributed by atoms with Crippen LogP contribution in [0.5, 0.6) is 0 Å². The zero-order chi connectivity index (χ0) is 33.4. The maximum Gasteiger partial charge on any atom is 0.416 e. The van der Waals surface area contributed by atoms with E-state index in [1.807, 2.05) is 0 Å². The number of benzene rings is 2. The maximum atomic E-state index is 14.0. The fraction of sp³-hybridized carbons (Fsp3) is 0.281. The molecule has 0 bridgehead atoms. The fourth-order valence-electron chi connectivity index (χ4n) is 4.98. The molecule has 0 aliphatic heterocycles. The van der Waals surface area contributed by atoms with E-state index in [4.69, 9.17) is 11.0 Å². The number of nitrogens with zero attached hydrogens (tertiary/aromatic N) is 7. The largest absolute Gasteiger partial charge is 0.443 e. The fourth-order valence-corrected chi connectivity index (χ4v) is 4.98. The number of carbonyl (C=O) groups is 1. The lowest BCUT2D eigenvalue weighted by Crippen LogP contribution is -2.36. The smallest absolute Gasteiger partial charge is 0.416 e. The highest BCUT2D eigenvalue weighted by Crippen LogP contribution is 2.32. The van der Waals surface area contributed by atoms with Crippen molar-refractivity contribution in [3.8, 4) is 22.8 Å². The lowest BCUT2D eigenvalue weighted by molar-refractivity contribution is -0.870. The van der Waals surface area contributed by atoms with Crippen molar-refractivity contribution in [1.29, 1.82) is 0 Å². The Morgan fingerprint density at radius 3 is 2.48 bits per heavy atom. The van der Waals surface area contributed by atoms with Gasteiger partial charge in [0.25, 0.3) is 11.5 Å². The number of rotatable bonds is 9. The van der Waals surface area contributed by atoms with Crippen molar-refractivity contribution in [1.82, 2.24) is 29.4 Å². The number of carbonyl (C=O) groups excluding carboxylic acids is 1. The topological polar surface area (TPSA) is 104 Å². The number of alkyl halides is 3. The summed E-state index contributed by atoms with van der Waals surface area (Å²) in [5.41, 5.74) is -0.828. The third kappa shape index (κ3) is 6.50. The van der Waals surface area contributed by atoms with Crippen LogP contribution in [0.2, 0.25) is 0 Å². The lowest BCUT2D eigenvalue weighted by atomic mass is 10.1. The van der Waals surface area contributed by atoms with Crippen LogP contribution in [0.4, 0.5) is 18.9 Å². The van der Waals surface area contributed by atoms with Gasteiger partial charge in [-0.1, -0.05) is 18.2 Å². The van der Waals surface area contributed by atoms with E-state index in [1.54, 1.807) is 43.5 Å². The number of hydrogen-bond donors (Lipinski definition) is 1. The van der Waals surface area contributed by atoms with E-state index >= 15 is 0 Å². The Balaban J connectivity index is 1.60. The molecule has 14 heteroatoms. The molecule has 3 heterocycles. The summed E-state index contributed by atoms with van der Waals surface area (Å²) in [5, 5.41) is 7.15. The molecule has 0 aliphatic rings. The van der Waals surface area contributed by atoms with E-state index in [1.165, 1.54) is 34.7 Å². The second kappa shape index (κ2) is 12.2. The second-order valence-electron chi connectivity index (χ2n) is 11.8. The van der Waals surface area contributed by atoms with Crippen molar-refractivity contribution in [3.63, 3.8) is 0 Å². The number of likely N-dealkylation sites (N-methyl/N-ethyl adjacent to an activating group) is 1.